The van der Waals surface area contributed by atoms with E-state index < -0.39 is 17.6 Å². The molecule has 218 valence electrons. The van der Waals surface area contributed by atoms with Gasteiger partial charge in [0, 0.05) is 53.4 Å². The Labute approximate surface area is 242 Å². The van der Waals surface area contributed by atoms with Crippen molar-refractivity contribution in [2.24, 2.45) is 0 Å². The monoisotopic (exact) mass is 596 g/mol. The van der Waals surface area contributed by atoms with Gasteiger partial charge in [-0.1, -0.05) is 30.3 Å². The summed E-state index contributed by atoms with van der Waals surface area (Å²) in [7, 11) is 0. The number of nitrogens with one attached hydrogen (secondary N) is 2. The van der Waals surface area contributed by atoms with E-state index in [0.717, 1.165) is 24.1 Å². The third kappa shape index (κ3) is 8.27. The van der Waals surface area contributed by atoms with E-state index in [1.807, 2.05) is 30.3 Å². The van der Waals surface area contributed by atoms with Gasteiger partial charge in [0.25, 0.3) is 0 Å². The summed E-state index contributed by atoms with van der Waals surface area (Å²) in [5, 5.41) is 3.10. The fourth-order valence-corrected chi connectivity index (χ4v) is 4.71. The first-order valence-electron chi connectivity index (χ1n) is 12.9. The highest BCUT2D eigenvalue weighted by Crippen LogP contribution is 2.37. The molecule has 1 fully saturated rings. The van der Waals surface area contributed by atoms with Crippen LogP contribution in [0.1, 0.15) is 24.0 Å². The molecular weight excluding hydrogens is 571 g/mol. The van der Waals surface area contributed by atoms with E-state index in [2.05, 4.69) is 29.6 Å². The van der Waals surface area contributed by atoms with Crippen molar-refractivity contribution in [2.45, 2.75) is 38.1 Å². The normalized spacial score (nSPS) is 13.7. The molecule has 0 spiro atoms. The van der Waals surface area contributed by atoms with Crippen LogP contribution in [0.3, 0.4) is 0 Å². The number of rotatable bonds is 12. The van der Waals surface area contributed by atoms with E-state index in [9.17, 15) is 26.7 Å². The molecule has 1 saturated carbocycles. The standard InChI is InChI=1S/C29H26F3N5O4S/c30-29(31,32)41-26-12-6-20(7-13-26)17-25(38)16-19-4-8-23(9-5-19)37(24-10-11-24)27-14-15-33-28(35-27)34-21-2-1-3-22(18-21)36-42(39)40/h1-9,12-15,18,24,36H,10-11,16-17H2,(H,39,40)(H,33,34,35)/p-1. The van der Waals surface area contributed by atoms with Gasteiger partial charge in [-0.3, -0.25) is 9.00 Å². The van der Waals surface area contributed by atoms with E-state index in [1.54, 1.807) is 30.5 Å². The van der Waals surface area contributed by atoms with Crippen LogP contribution in [0.2, 0.25) is 0 Å². The molecule has 1 atom stereocenters. The highest BCUT2D eigenvalue weighted by molar-refractivity contribution is 7.80. The molecule has 1 aliphatic carbocycles. The lowest BCUT2D eigenvalue weighted by atomic mass is 10.0. The average molecular weight is 597 g/mol. The van der Waals surface area contributed by atoms with E-state index in [-0.39, 0.29) is 30.4 Å². The van der Waals surface area contributed by atoms with Crippen molar-refractivity contribution in [3.8, 4) is 5.75 Å². The largest absolute Gasteiger partial charge is 0.755 e. The Morgan fingerprint density at radius 2 is 1.62 bits per heavy atom. The van der Waals surface area contributed by atoms with Crippen LogP contribution in [-0.4, -0.2) is 36.9 Å². The molecule has 1 unspecified atom stereocenters. The molecule has 9 nitrogen and oxygen atoms in total. The zero-order valence-corrected chi connectivity index (χ0v) is 22.8. The van der Waals surface area contributed by atoms with Crippen LogP contribution in [0.25, 0.3) is 0 Å². The highest BCUT2D eigenvalue weighted by atomic mass is 32.2. The number of anilines is 5. The van der Waals surface area contributed by atoms with E-state index in [4.69, 9.17) is 0 Å². The number of benzene rings is 3. The maximum atomic E-state index is 12.6. The van der Waals surface area contributed by atoms with Crippen LogP contribution in [0.15, 0.2) is 85.1 Å². The zero-order chi connectivity index (χ0) is 29.7. The van der Waals surface area contributed by atoms with Crippen LogP contribution in [-0.2, 0) is 28.9 Å². The molecule has 0 aliphatic heterocycles. The number of nitrogens with zero attached hydrogens (tertiary/aromatic N) is 3. The third-order valence-corrected chi connectivity index (χ3v) is 6.70. The Kier molecular flexibility index (Phi) is 8.69. The summed E-state index contributed by atoms with van der Waals surface area (Å²) in [6.45, 7) is 0. The van der Waals surface area contributed by atoms with Crippen molar-refractivity contribution in [1.82, 2.24) is 9.97 Å². The van der Waals surface area contributed by atoms with Gasteiger partial charge >= 0.3 is 6.36 Å². The van der Waals surface area contributed by atoms with Gasteiger partial charge in [0.1, 0.15) is 17.4 Å². The first-order chi connectivity index (χ1) is 20.1. The summed E-state index contributed by atoms with van der Waals surface area (Å²) >= 11 is -2.44. The van der Waals surface area contributed by atoms with Crippen molar-refractivity contribution in [3.63, 3.8) is 0 Å². The molecule has 5 rings (SSSR count). The predicted octanol–water partition coefficient (Wildman–Crippen LogP) is 5.98. The molecule has 1 aromatic heterocycles. The van der Waals surface area contributed by atoms with Crippen LogP contribution < -0.4 is 19.7 Å². The Morgan fingerprint density at radius 1 is 0.976 bits per heavy atom. The number of halogens is 3. The molecule has 0 amide bonds. The number of carbonyl (C=O) groups is 1. The number of aromatic nitrogens is 2. The van der Waals surface area contributed by atoms with Gasteiger partial charge in [-0.2, -0.15) is 4.98 Å². The molecule has 13 heteroatoms. The lowest BCUT2D eigenvalue weighted by Crippen LogP contribution is -2.21. The van der Waals surface area contributed by atoms with E-state index in [1.165, 1.54) is 24.3 Å². The second kappa shape index (κ2) is 12.6. The lowest BCUT2D eigenvalue weighted by molar-refractivity contribution is -0.274. The molecule has 1 heterocycles. The lowest BCUT2D eigenvalue weighted by Gasteiger charge is -2.24. The van der Waals surface area contributed by atoms with Crippen molar-refractivity contribution < 1.29 is 31.5 Å². The van der Waals surface area contributed by atoms with Crippen LogP contribution in [0.4, 0.5) is 42.0 Å². The molecular formula is C29H25F3N5O4S-. The first-order valence-corrected chi connectivity index (χ1v) is 14.0. The van der Waals surface area contributed by atoms with Crippen LogP contribution >= 0.6 is 0 Å². The van der Waals surface area contributed by atoms with Crippen molar-refractivity contribution in [2.75, 3.05) is 14.9 Å². The van der Waals surface area contributed by atoms with Gasteiger partial charge in [0.05, 0.1) is 0 Å². The number of hydrogen-bond donors (Lipinski definition) is 2. The highest BCUT2D eigenvalue weighted by Gasteiger charge is 2.32. The molecule has 4 aromatic rings. The predicted molar refractivity (Wildman–Crippen MR) is 151 cm³/mol. The van der Waals surface area contributed by atoms with Gasteiger partial charge in [0.2, 0.25) is 5.95 Å². The fourth-order valence-electron chi connectivity index (χ4n) is 4.39. The third-order valence-electron chi connectivity index (χ3n) is 6.29. The summed E-state index contributed by atoms with van der Waals surface area (Å²) < 4.78 is 65.1. The maximum absolute atomic E-state index is 12.6. The second-order valence-corrected chi connectivity index (χ2v) is 10.3. The van der Waals surface area contributed by atoms with Gasteiger partial charge < -0.3 is 24.2 Å². The first kappa shape index (κ1) is 29.0. The number of hydrogen-bond acceptors (Lipinski definition) is 8. The molecule has 0 radical (unpaired) electrons. The van der Waals surface area contributed by atoms with Crippen molar-refractivity contribution >= 4 is 45.9 Å². The van der Waals surface area contributed by atoms with Crippen LogP contribution in [0, 0.1) is 0 Å². The van der Waals surface area contributed by atoms with Gasteiger partial charge in [0.15, 0.2) is 0 Å². The van der Waals surface area contributed by atoms with Crippen molar-refractivity contribution in [1.29, 1.82) is 0 Å². The van der Waals surface area contributed by atoms with Crippen molar-refractivity contribution in [3.05, 3.63) is 96.2 Å². The number of carbonyl (C=O) groups excluding carboxylic acids is 1. The zero-order valence-electron chi connectivity index (χ0n) is 22.0. The number of Topliss-reactive ketones (excluding diaryl/α,β-unsaturated/α-hetero) is 1. The fraction of sp³-hybridized carbons (Fsp3) is 0.207. The average Bonchev–Trinajstić information content (AvgIpc) is 3.75. The number of alkyl halides is 3. The Balaban J connectivity index is 1.23. The van der Waals surface area contributed by atoms with Gasteiger partial charge in [-0.15, -0.1) is 13.2 Å². The number of ketones is 1. The Bertz CT molecular complexity index is 1570. The Hall–Kier alpha value is -4.49. The summed E-state index contributed by atoms with van der Waals surface area (Å²) in [6, 6.07) is 21.7. The molecule has 0 saturated heterocycles. The number of ether oxygens (including phenoxy) is 1. The smallest absolute Gasteiger partial charge is 0.573 e. The molecule has 42 heavy (non-hydrogen) atoms. The molecule has 3 aromatic carbocycles. The summed E-state index contributed by atoms with van der Waals surface area (Å²) in [5.41, 5.74) is 3.33. The minimum atomic E-state index is -4.76. The minimum absolute atomic E-state index is 0.0708. The van der Waals surface area contributed by atoms with Gasteiger partial charge in [-0.05, 0) is 72.5 Å². The maximum Gasteiger partial charge on any atom is 0.573 e. The van der Waals surface area contributed by atoms with E-state index in [0.29, 0.717) is 28.7 Å². The minimum Gasteiger partial charge on any atom is -0.755 e. The SMILES string of the molecule is O=C(Cc1ccc(OC(F)(F)F)cc1)Cc1ccc(N(c2ccnc(Nc3cccc(NS(=O)[O-])c3)n2)C2CC2)cc1. The van der Waals surface area contributed by atoms with Gasteiger partial charge in [-0.25, -0.2) is 4.98 Å². The molecule has 2 N–H and O–H groups in total. The molecule has 1 aliphatic rings. The Morgan fingerprint density at radius 3 is 2.24 bits per heavy atom. The quantitative estimate of drug-likeness (QED) is 0.192. The second-order valence-electron chi connectivity index (χ2n) is 9.63. The van der Waals surface area contributed by atoms with Crippen LogP contribution in [0.5, 0.6) is 5.75 Å². The summed E-state index contributed by atoms with van der Waals surface area (Å²) in [6.07, 6.45) is -0.852. The summed E-state index contributed by atoms with van der Waals surface area (Å²) in [4.78, 5) is 23.7. The topological polar surface area (TPSA) is 120 Å². The summed E-state index contributed by atoms with van der Waals surface area (Å²) in [5.74, 6) is 0.631. The van der Waals surface area contributed by atoms with E-state index >= 15 is 0 Å². The molecule has 0 bridgehead atoms.